The lowest BCUT2D eigenvalue weighted by molar-refractivity contribution is 0.419. The molecule has 0 amide bonds. The zero-order valence-corrected chi connectivity index (χ0v) is 9.66. The monoisotopic (exact) mass is 234 g/mol. The molecule has 0 atom stereocenters. The van der Waals surface area contributed by atoms with E-state index in [0.717, 1.165) is 17.3 Å². The van der Waals surface area contributed by atoms with E-state index in [1.165, 1.54) is 6.08 Å². The van der Waals surface area contributed by atoms with Crippen LogP contribution in [0.5, 0.6) is 5.75 Å². The number of nitrogens with two attached hydrogens (primary N) is 1. The average molecular weight is 234 g/mol. The van der Waals surface area contributed by atoms with Gasteiger partial charge in [-0.3, -0.25) is 5.84 Å². The van der Waals surface area contributed by atoms with Crippen LogP contribution in [0.2, 0.25) is 0 Å². The second-order valence-electron chi connectivity index (χ2n) is 3.34. The Kier molecular flexibility index (Phi) is 4.48. The Morgan fingerprint density at radius 1 is 1.41 bits per heavy atom. The molecule has 4 heteroatoms. The molecule has 3 nitrogen and oxygen atoms in total. The van der Waals surface area contributed by atoms with Crippen molar-refractivity contribution >= 4 is 5.69 Å². The van der Waals surface area contributed by atoms with E-state index in [9.17, 15) is 4.39 Å². The van der Waals surface area contributed by atoms with Gasteiger partial charge in [-0.2, -0.15) is 0 Å². The normalized spacial score (nSPS) is 11.5. The molecule has 0 heterocycles. The van der Waals surface area contributed by atoms with Crippen molar-refractivity contribution in [3.8, 4) is 5.75 Å². The first-order chi connectivity index (χ1) is 8.12. The van der Waals surface area contributed by atoms with Gasteiger partial charge >= 0.3 is 0 Å². The SMILES string of the molecule is C=C/C(F)=C(\C=C)Oc1ccc(NN)c(C)c1. The van der Waals surface area contributed by atoms with E-state index >= 15 is 0 Å². The second kappa shape index (κ2) is 5.86. The summed E-state index contributed by atoms with van der Waals surface area (Å²) in [7, 11) is 0. The van der Waals surface area contributed by atoms with E-state index in [1.807, 2.05) is 6.92 Å². The molecule has 0 aromatic heterocycles. The number of ether oxygens (including phenoxy) is 1. The first-order valence-corrected chi connectivity index (χ1v) is 5.02. The molecule has 0 aliphatic heterocycles. The summed E-state index contributed by atoms with van der Waals surface area (Å²) in [5.74, 6) is 5.29. The van der Waals surface area contributed by atoms with Crippen LogP contribution >= 0.6 is 0 Å². The molecule has 0 saturated carbocycles. The molecule has 0 aliphatic rings. The Hall–Kier alpha value is -2.07. The lowest BCUT2D eigenvalue weighted by atomic mass is 10.2. The molecule has 0 unspecified atom stereocenters. The maximum absolute atomic E-state index is 13.3. The van der Waals surface area contributed by atoms with Crippen molar-refractivity contribution in [2.75, 3.05) is 5.43 Å². The van der Waals surface area contributed by atoms with E-state index in [0.29, 0.717) is 5.75 Å². The predicted octanol–water partition coefficient (Wildman–Crippen LogP) is 3.21. The molecule has 0 aliphatic carbocycles. The van der Waals surface area contributed by atoms with Gasteiger partial charge in [0.15, 0.2) is 11.6 Å². The van der Waals surface area contributed by atoms with Crippen LogP contribution in [-0.2, 0) is 0 Å². The molecule has 0 spiro atoms. The summed E-state index contributed by atoms with van der Waals surface area (Å²) in [6, 6.07) is 5.17. The van der Waals surface area contributed by atoms with Crippen molar-refractivity contribution in [3.63, 3.8) is 0 Å². The summed E-state index contributed by atoms with van der Waals surface area (Å²) in [6.07, 6.45) is 2.36. The fourth-order valence-corrected chi connectivity index (χ4v) is 1.28. The predicted molar refractivity (Wildman–Crippen MR) is 68.1 cm³/mol. The second-order valence-corrected chi connectivity index (χ2v) is 3.34. The van der Waals surface area contributed by atoms with Gasteiger partial charge in [-0.15, -0.1) is 0 Å². The quantitative estimate of drug-likeness (QED) is 0.356. The third-order valence-electron chi connectivity index (χ3n) is 2.18. The van der Waals surface area contributed by atoms with Gasteiger partial charge in [-0.25, -0.2) is 4.39 Å². The Morgan fingerprint density at radius 2 is 2.12 bits per heavy atom. The minimum Gasteiger partial charge on any atom is -0.454 e. The standard InChI is InChI=1S/C13H15FN2O/c1-4-11(14)13(5-2)17-10-6-7-12(16-15)9(3)8-10/h4-8,16H,1-2,15H2,3H3/b13-11-. The fourth-order valence-electron chi connectivity index (χ4n) is 1.28. The highest BCUT2D eigenvalue weighted by Crippen LogP contribution is 2.23. The highest BCUT2D eigenvalue weighted by Gasteiger charge is 2.04. The number of anilines is 1. The lowest BCUT2D eigenvalue weighted by Gasteiger charge is -2.10. The van der Waals surface area contributed by atoms with E-state index in [-0.39, 0.29) is 5.76 Å². The van der Waals surface area contributed by atoms with Crippen molar-refractivity contribution in [2.24, 2.45) is 5.84 Å². The molecule has 0 saturated heterocycles. The summed E-state index contributed by atoms with van der Waals surface area (Å²) in [4.78, 5) is 0. The first-order valence-electron chi connectivity index (χ1n) is 5.02. The van der Waals surface area contributed by atoms with Crippen molar-refractivity contribution in [1.82, 2.24) is 0 Å². The molecular formula is C13H15FN2O. The lowest BCUT2D eigenvalue weighted by Crippen LogP contribution is -2.08. The molecule has 0 radical (unpaired) electrons. The molecule has 17 heavy (non-hydrogen) atoms. The highest BCUT2D eigenvalue weighted by molar-refractivity contribution is 5.53. The van der Waals surface area contributed by atoms with Gasteiger partial charge < -0.3 is 10.2 Å². The number of aryl methyl sites for hydroxylation is 1. The summed E-state index contributed by atoms with van der Waals surface area (Å²) in [6.45, 7) is 8.67. The van der Waals surface area contributed by atoms with Gasteiger partial charge in [-0.1, -0.05) is 13.2 Å². The van der Waals surface area contributed by atoms with E-state index < -0.39 is 5.83 Å². The number of rotatable bonds is 5. The number of hydrogen-bond acceptors (Lipinski definition) is 3. The van der Waals surface area contributed by atoms with Crippen LogP contribution in [0.1, 0.15) is 5.56 Å². The largest absolute Gasteiger partial charge is 0.454 e. The number of nitrogen functional groups attached to an aromatic ring is 1. The van der Waals surface area contributed by atoms with Gasteiger partial charge in [-0.05, 0) is 42.8 Å². The third-order valence-corrected chi connectivity index (χ3v) is 2.18. The van der Waals surface area contributed by atoms with Gasteiger partial charge in [0, 0.05) is 0 Å². The molecule has 0 fully saturated rings. The van der Waals surface area contributed by atoms with Crippen LogP contribution in [0.3, 0.4) is 0 Å². The Bertz CT molecular complexity index is 466. The van der Waals surface area contributed by atoms with Crippen LogP contribution in [0, 0.1) is 6.92 Å². The van der Waals surface area contributed by atoms with Crippen molar-refractivity contribution in [2.45, 2.75) is 6.92 Å². The van der Waals surface area contributed by atoms with E-state index in [1.54, 1.807) is 18.2 Å². The smallest absolute Gasteiger partial charge is 0.165 e. The van der Waals surface area contributed by atoms with Crippen LogP contribution in [0.4, 0.5) is 10.1 Å². The third kappa shape index (κ3) is 3.19. The Morgan fingerprint density at radius 3 is 2.59 bits per heavy atom. The number of nitrogens with one attached hydrogen (secondary N) is 1. The summed E-state index contributed by atoms with van der Waals surface area (Å²) >= 11 is 0. The molecule has 90 valence electrons. The number of hydrazine groups is 1. The Labute approximate surface area is 100 Å². The zero-order chi connectivity index (χ0) is 12.8. The van der Waals surface area contributed by atoms with E-state index in [4.69, 9.17) is 10.6 Å². The van der Waals surface area contributed by atoms with Gasteiger partial charge in [0.25, 0.3) is 0 Å². The molecular weight excluding hydrogens is 219 g/mol. The van der Waals surface area contributed by atoms with Gasteiger partial charge in [0.2, 0.25) is 0 Å². The average Bonchev–Trinajstić information content (AvgIpc) is 2.35. The van der Waals surface area contributed by atoms with Gasteiger partial charge in [0.1, 0.15) is 5.75 Å². The van der Waals surface area contributed by atoms with Crippen molar-refractivity contribution in [3.05, 3.63) is 60.7 Å². The number of halogens is 1. The maximum Gasteiger partial charge on any atom is 0.165 e. The summed E-state index contributed by atoms with van der Waals surface area (Å²) in [5, 5.41) is 0. The van der Waals surface area contributed by atoms with Crippen LogP contribution in [-0.4, -0.2) is 0 Å². The first kappa shape index (κ1) is 13.0. The molecule has 1 aromatic rings. The fraction of sp³-hybridized carbons (Fsp3) is 0.0769. The molecule has 3 N–H and O–H groups in total. The molecule has 0 bridgehead atoms. The van der Waals surface area contributed by atoms with Crippen molar-refractivity contribution < 1.29 is 9.13 Å². The minimum atomic E-state index is -0.557. The Balaban J connectivity index is 2.99. The number of hydrogen-bond donors (Lipinski definition) is 2. The van der Waals surface area contributed by atoms with Crippen LogP contribution in [0.25, 0.3) is 0 Å². The highest BCUT2D eigenvalue weighted by atomic mass is 19.1. The minimum absolute atomic E-state index is 0.0351. The zero-order valence-electron chi connectivity index (χ0n) is 9.66. The maximum atomic E-state index is 13.3. The van der Waals surface area contributed by atoms with Crippen LogP contribution < -0.4 is 16.0 Å². The van der Waals surface area contributed by atoms with E-state index in [2.05, 4.69) is 18.6 Å². The van der Waals surface area contributed by atoms with Crippen molar-refractivity contribution in [1.29, 1.82) is 0 Å². The topological polar surface area (TPSA) is 47.3 Å². The number of allylic oxidation sites excluding steroid dienone is 3. The van der Waals surface area contributed by atoms with Crippen LogP contribution in [0.15, 0.2) is 55.1 Å². The number of benzene rings is 1. The summed E-state index contributed by atoms with van der Waals surface area (Å²) < 4.78 is 18.6. The summed E-state index contributed by atoms with van der Waals surface area (Å²) in [5.41, 5.74) is 4.22. The molecule has 1 aromatic carbocycles. The molecule has 1 rings (SSSR count). The van der Waals surface area contributed by atoms with Gasteiger partial charge in [0.05, 0.1) is 5.69 Å².